The molecule has 0 spiro atoms. The summed E-state index contributed by atoms with van der Waals surface area (Å²) in [7, 11) is 0.844. The Morgan fingerprint density at radius 3 is 2.08 bits per heavy atom. The number of alkyl carbamates (subject to hydrolysis) is 2. The summed E-state index contributed by atoms with van der Waals surface area (Å²) in [5.74, 6) is -2.66. The Kier molecular flexibility index (Phi) is 14.5. The number of carbonyl (C=O) groups is 4. The van der Waals surface area contributed by atoms with Gasteiger partial charge in [0.25, 0.3) is 5.91 Å². The molecule has 0 aliphatic rings. The summed E-state index contributed by atoms with van der Waals surface area (Å²) in [4.78, 5) is 53.1. The number of ether oxygens (including phenoxy) is 2. The molecule has 0 bridgehead atoms. The van der Waals surface area contributed by atoms with Gasteiger partial charge in [0, 0.05) is 16.1 Å². The van der Waals surface area contributed by atoms with E-state index in [9.17, 15) is 32.3 Å². The number of carbonyl (C=O) groups excluding carboxylic acids is 4. The highest BCUT2D eigenvalue weighted by Crippen LogP contribution is 2.37. The number of benzene rings is 2. The van der Waals surface area contributed by atoms with E-state index < -0.39 is 64.7 Å². The predicted molar refractivity (Wildman–Crippen MR) is 185 cm³/mol. The summed E-state index contributed by atoms with van der Waals surface area (Å²) in [6.45, 7) is 14.2. The maximum absolute atomic E-state index is 15.5. The number of hydrogen-bond acceptors (Lipinski definition) is 7. The molecule has 3 atom stereocenters. The van der Waals surface area contributed by atoms with Crippen molar-refractivity contribution in [3.63, 3.8) is 0 Å². The highest BCUT2D eigenvalue weighted by atomic mass is 35.5. The van der Waals surface area contributed by atoms with Crippen LogP contribution in [0.4, 0.5) is 32.8 Å². The van der Waals surface area contributed by atoms with Gasteiger partial charge in [-0.05, 0) is 69.0 Å². The van der Waals surface area contributed by atoms with Crippen LogP contribution in [-0.4, -0.2) is 61.6 Å². The van der Waals surface area contributed by atoms with Crippen molar-refractivity contribution in [2.24, 2.45) is 5.41 Å². The molecule has 0 saturated heterocycles. The van der Waals surface area contributed by atoms with Gasteiger partial charge in [-0.15, -0.1) is 0 Å². The molecule has 276 valence electrons. The van der Waals surface area contributed by atoms with Crippen LogP contribution >= 0.6 is 20.2 Å². The second-order valence-electron chi connectivity index (χ2n) is 12.6. The third kappa shape index (κ3) is 11.5. The highest BCUT2D eigenvalue weighted by molar-refractivity contribution is 7.46. The number of halogens is 5. The Hall–Kier alpha value is -4.10. The van der Waals surface area contributed by atoms with Crippen LogP contribution in [0.1, 0.15) is 63.9 Å². The van der Waals surface area contributed by atoms with E-state index in [1.165, 1.54) is 4.90 Å². The first-order valence-corrected chi connectivity index (χ1v) is 17.2. The van der Waals surface area contributed by atoms with Crippen molar-refractivity contribution in [2.45, 2.75) is 78.4 Å². The Balaban J connectivity index is 2.53. The second-order valence-corrected chi connectivity index (χ2v) is 14.1. The molecule has 0 heterocycles. The molecule has 11 nitrogen and oxygen atoms in total. The molecular weight excluding hydrogens is 705 g/mol. The van der Waals surface area contributed by atoms with E-state index in [1.807, 2.05) is 0 Å². The Bertz CT molecular complexity index is 1570. The monoisotopic (exact) mass is 747 g/mol. The lowest BCUT2D eigenvalue weighted by atomic mass is 9.81. The maximum Gasteiger partial charge on any atom is 0.409 e. The lowest BCUT2D eigenvalue weighted by Gasteiger charge is -2.37. The van der Waals surface area contributed by atoms with E-state index in [0.717, 1.165) is 33.1 Å². The van der Waals surface area contributed by atoms with Crippen molar-refractivity contribution in [3.05, 3.63) is 70.6 Å². The molecule has 0 fully saturated rings. The molecule has 2 unspecified atom stereocenters. The summed E-state index contributed by atoms with van der Waals surface area (Å²) in [5.41, 5.74) is 1.51. The van der Waals surface area contributed by atoms with Crippen molar-refractivity contribution in [1.29, 1.82) is 0 Å². The van der Waals surface area contributed by atoms with E-state index in [1.54, 1.807) is 63.9 Å². The second kappa shape index (κ2) is 17.2. The number of amides is 4. The van der Waals surface area contributed by atoms with Crippen LogP contribution < -0.4 is 31.7 Å². The fraction of sp³-hybridized carbons (Fsp3) is 0.455. The standard InChI is InChI=1S/C33H43ClF4N5O6P/c1-10-23(39-30(47)49-31(3,4)5)27(45)43(17-19-11-13-20(34)14-12-19)24-15-21(22(35)16-25(24)50-9)26(44)42-41-18(2)32(6,7)28(33(36,37)38)40-29(46)48-8/h11-16,23,28,41,50H,2,10,17H2,1,3-9H3,(H,39,47)(H,40,46)(H,42,44)/t23-,28?/m0/s1. The Morgan fingerprint density at radius 2 is 1.58 bits per heavy atom. The lowest BCUT2D eigenvalue weighted by Crippen LogP contribution is -2.57. The molecule has 0 aromatic heterocycles. The summed E-state index contributed by atoms with van der Waals surface area (Å²) in [5, 5.41) is 5.11. The molecule has 2 rings (SSSR count). The van der Waals surface area contributed by atoms with Gasteiger partial charge in [-0.25, -0.2) is 14.0 Å². The molecule has 2 aromatic carbocycles. The van der Waals surface area contributed by atoms with Crippen LogP contribution in [-0.2, 0) is 20.8 Å². The summed E-state index contributed by atoms with van der Waals surface area (Å²) in [6, 6.07) is 5.26. The van der Waals surface area contributed by atoms with E-state index >= 15 is 4.39 Å². The van der Waals surface area contributed by atoms with Crippen LogP contribution in [0.15, 0.2) is 48.7 Å². The SMILES string of the molecule is C=C(NNC(=O)c1cc(N(Cc2ccc(Cl)cc2)C(=O)[C@H](CC)NC(=O)OC(C)(C)C)c(PC)cc1F)C(C)(C)C(NC(=O)OC)C(F)(F)F. The summed E-state index contributed by atoms with van der Waals surface area (Å²) >= 11 is 6.06. The van der Waals surface area contributed by atoms with E-state index in [0.29, 0.717) is 15.9 Å². The zero-order valence-corrected chi connectivity index (χ0v) is 30.8. The summed E-state index contributed by atoms with van der Waals surface area (Å²) < 4.78 is 66.8. The van der Waals surface area contributed by atoms with Gasteiger partial charge < -0.3 is 30.4 Å². The first-order chi connectivity index (χ1) is 23.0. The van der Waals surface area contributed by atoms with Crippen molar-refractivity contribution >= 4 is 55.2 Å². The average molecular weight is 748 g/mol. The number of nitrogens with one attached hydrogen (secondary N) is 4. The van der Waals surface area contributed by atoms with E-state index in [-0.39, 0.29) is 32.9 Å². The van der Waals surface area contributed by atoms with Crippen molar-refractivity contribution in [3.8, 4) is 0 Å². The molecule has 0 radical (unpaired) electrons. The van der Waals surface area contributed by atoms with E-state index in [4.69, 9.17) is 16.3 Å². The number of rotatable bonds is 13. The molecule has 4 amide bonds. The summed E-state index contributed by atoms with van der Waals surface area (Å²) in [6.07, 6.45) is -6.96. The fourth-order valence-corrected chi connectivity index (χ4v) is 5.43. The van der Waals surface area contributed by atoms with Crippen molar-refractivity contribution < 1.29 is 46.2 Å². The van der Waals surface area contributed by atoms with Crippen LogP contribution in [0.3, 0.4) is 0 Å². The van der Waals surface area contributed by atoms with E-state index in [2.05, 4.69) is 27.5 Å². The van der Waals surface area contributed by atoms with Gasteiger partial charge in [0.05, 0.1) is 24.9 Å². The van der Waals surface area contributed by atoms with Gasteiger partial charge in [0.15, 0.2) is 0 Å². The molecule has 17 heteroatoms. The maximum atomic E-state index is 15.5. The third-order valence-electron chi connectivity index (χ3n) is 7.41. The Labute approximate surface area is 295 Å². The van der Waals surface area contributed by atoms with Crippen LogP contribution in [0.25, 0.3) is 0 Å². The van der Waals surface area contributed by atoms with Gasteiger partial charge in [0.1, 0.15) is 23.5 Å². The van der Waals surface area contributed by atoms with Gasteiger partial charge >= 0.3 is 18.4 Å². The zero-order chi connectivity index (χ0) is 38.2. The number of hydrogen-bond donors (Lipinski definition) is 4. The van der Waals surface area contributed by atoms with Gasteiger partial charge in [-0.1, -0.05) is 59.7 Å². The quantitative estimate of drug-likeness (QED) is 0.107. The smallest absolute Gasteiger partial charge is 0.409 e. The molecule has 2 aromatic rings. The number of anilines is 1. The molecule has 50 heavy (non-hydrogen) atoms. The van der Waals surface area contributed by atoms with Crippen LogP contribution in [0.5, 0.6) is 0 Å². The number of methoxy groups -OCH3 is 1. The minimum atomic E-state index is -4.95. The number of hydrazine groups is 1. The number of nitrogens with zero attached hydrogens (tertiary/aromatic N) is 1. The first-order valence-electron chi connectivity index (χ1n) is 15.3. The third-order valence-corrected chi connectivity index (χ3v) is 8.60. The average Bonchev–Trinajstić information content (AvgIpc) is 3.02. The number of alkyl halides is 3. The van der Waals surface area contributed by atoms with Crippen molar-refractivity contribution in [2.75, 3.05) is 18.7 Å². The van der Waals surface area contributed by atoms with Crippen molar-refractivity contribution in [1.82, 2.24) is 21.5 Å². The Morgan fingerprint density at radius 1 is 0.980 bits per heavy atom. The molecule has 0 aliphatic carbocycles. The topological polar surface area (TPSA) is 138 Å². The van der Waals surface area contributed by atoms with Gasteiger partial charge in [-0.2, -0.15) is 13.2 Å². The molecular formula is C33H43ClF4N5O6P. The fourth-order valence-electron chi connectivity index (χ4n) is 4.57. The molecule has 0 aliphatic heterocycles. The normalized spacial score (nSPS) is 13.2. The first kappa shape index (κ1) is 42.1. The largest absolute Gasteiger partial charge is 0.453 e. The molecule has 0 saturated carbocycles. The van der Waals surface area contributed by atoms with Gasteiger partial charge in [-0.3, -0.25) is 15.0 Å². The lowest BCUT2D eigenvalue weighted by molar-refractivity contribution is -0.173. The predicted octanol–water partition coefficient (Wildman–Crippen LogP) is 6.31. The van der Waals surface area contributed by atoms with Crippen LogP contribution in [0, 0.1) is 11.2 Å². The van der Waals surface area contributed by atoms with Gasteiger partial charge in [0.2, 0.25) is 5.91 Å². The zero-order valence-electron chi connectivity index (χ0n) is 29.0. The minimum absolute atomic E-state index is 0.0595. The van der Waals surface area contributed by atoms with Crippen LogP contribution in [0.2, 0.25) is 5.02 Å². The molecule has 4 N–H and O–H groups in total. The minimum Gasteiger partial charge on any atom is -0.453 e. The highest BCUT2D eigenvalue weighted by Gasteiger charge is 2.51.